The largest absolute Gasteiger partial charge is 1.00 e. The van der Waals surface area contributed by atoms with Gasteiger partial charge in [0, 0.05) is 0 Å². The predicted molar refractivity (Wildman–Crippen MR) is 28.2 cm³/mol. The Balaban J connectivity index is 0. The SMILES string of the molecule is Cl.[Li+].[c-]1nccs1. The number of thiazole rings is 1. The molecular formula is C3H3ClLiNS. The van der Waals surface area contributed by atoms with E-state index in [1.54, 1.807) is 6.20 Å². The standard InChI is InChI=1S/C3H2NS.ClH.Li/c1-2-5-3-4-1;;/h1-2H;1H;/q-1;;+1. The van der Waals surface area contributed by atoms with Crippen molar-refractivity contribution in [1.82, 2.24) is 4.98 Å². The summed E-state index contributed by atoms with van der Waals surface area (Å²) >= 11 is 1.48. The van der Waals surface area contributed by atoms with E-state index in [1.165, 1.54) is 11.3 Å². The molecule has 0 aliphatic heterocycles. The van der Waals surface area contributed by atoms with Crippen LogP contribution in [0.5, 0.6) is 0 Å². The van der Waals surface area contributed by atoms with Crippen LogP contribution in [0, 0.1) is 5.51 Å². The zero-order valence-electron chi connectivity index (χ0n) is 3.92. The maximum Gasteiger partial charge on any atom is 1.00 e. The van der Waals surface area contributed by atoms with E-state index >= 15 is 0 Å². The van der Waals surface area contributed by atoms with Gasteiger partial charge in [-0.05, 0) is 5.51 Å². The Morgan fingerprint density at radius 1 is 1.57 bits per heavy atom. The van der Waals surface area contributed by atoms with E-state index in [2.05, 4.69) is 10.5 Å². The molecule has 0 amide bonds. The molecule has 0 radical (unpaired) electrons. The molecule has 0 atom stereocenters. The maximum atomic E-state index is 3.62. The van der Waals surface area contributed by atoms with Gasteiger partial charge in [-0.3, -0.25) is 11.3 Å². The van der Waals surface area contributed by atoms with Crippen molar-refractivity contribution in [2.75, 3.05) is 0 Å². The number of halogens is 1. The molecule has 0 aliphatic rings. The van der Waals surface area contributed by atoms with Crippen molar-refractivity contribution >= 4 is 23.7 Å². The zero-order valence-corrected chi connectivity index (χ0v) is 5.55. The molecule has 1 aromatic heterocycles. The van der Waals surface area contributed by atoms with Crippen molar-refractivity contribution in [3.05, 3.63) is 17.1 Å². The van der Waals surface area contributed by atoms with Crippen LogP contribution in [0.3, 0.4) is 0 Å². The van der Waals surface area contributed by atoms with Gasteiger partial charge in [-0.15, -0.1) is 24.0 Å². The summed E-state index contributed by atoms with van der Waals surface area (Å²) in [5.74, 6) is 0. The number of aromatic nitrogens is 1. The third-order valence-electron chi connectivity index (χ3n) is 0.309. The van der Waals surface area contributed by atoms with E-state index in [-0.39, 0.29) is 31.3 Å². The molecule has 1 aromatic rings. The molecule has 1 nitrogen and oxygen atoms in total. The summed E-state index contributed by atoms with van der Waals surface area (Å²) in [5.41, 5.74) is 2.65. The van der Waals surface area contributed by atoms with Gasteiger partial charge in [0.1, 0.15) is 0 Å². The molecule has 0 N–H and O–H groups in total. The van der Waals surface area contributed by atoms with Crippen molar-refractivity contribution < 1.29 is 18.9 Å². The summed E-state index contributed by atoms with van der Waals surface area (Å²) in [6, 6.07) is 0. The zero-order chi connectivity index (χ0) is 3.54. The topological polar surface area (TPSA) is 12.9 Å². The molecule has 1 heterocycles. The molecule has 0 saturated carbocycles. The summed E-state index contributed by atoms with van der Waals surface area (Å²) < 4.78 is 0. The third-order valence-corrected chi connectivity index (χ3v) is 0.777. The molecule has 0 saturated heterocycles. The Labute approximate surface area is 64.7 Å². The van der Waals surface area contributed by atoms with Crippen LogP contribution in [0.1, 0.15) is 0 Å². The van der Waals surface area contributed by atoms with E-state index in [9.17, 15) is 0 Å². The first-order valence-corrected chi connectivity index (χ1v) is 2.13. The number of hydrogen-bond donors (Lipinski definition) is 0. The van der Waals surface area contributed by atoms with E-state index in [0.29, 0.717) is 0 Å². The van der Waals surface area contributed by atoms with E-state index in [4.69, 9.17) is 0 Å². The smallest absolute Gasteiger partial charge is 0.394 e. The number of hydrogen-bond acceptors (Lipinski definition) is 2. The van der Waals surface area contributed by atoms with Gasteiger partial charge >= 0.3 is 18.9 Å². The van der Waals surface area contributed by atoms with Gasteiger partial charge in [0.25, 0.3) is 0 Å². The predicted octanol–water partition coefficient (Wildman–Crippen LogP) is -1.63. The van der Waals surface area contributed by atoms with Gasteiger partial charge in [0.15, 0.2) is 0 Å². The molecule has 0 unspecified atom stereocenters. The Kier molecular flexibility index (Phi) is 9.77. The van der Waals surface area contributed by atoms with Crippen LogP contribution in [0.25, 0.3) is 0 Å². The van der Waals surface area contributed by atoms with Crippen molar-refractivity contribution in [1.29, 1.82) is 0 Å². The first-order chi connectivity index (χ1) is 2.50. The van der Waals surface area contributed by atoms with Gasteiger partial charge in [0.2, 0.25) is 0 Å². The fourth-order valence-electron chi connectivity index (χ4n) is 0.152. The van der Waals surface area contributed by atoms with E-state index in [0.717, 1.165) is 0 Å². The molecule has 1 rings (SSSR count). The monoisotopic (exact) mass is 127 g/mol. The van der Waals surface area contributed by atoms with Crippen LogP contribution in [0.2, 0.25) is 0 Å². The van der Waals surface area contributed by atoms with E-state index < -0.39 is 0 Å². The summed E-state index contributed by atoms with van der Waals surface area (Å²) in [5, 5.41) is 1.88. The van der Waals surface area contributed by atoms with Crippen molar-refractivity contribution in [2.24, 2.45) is 0 Å². The minimum Gasteiger partial charge on any atom is -0.394 e. The molecule has 0 aliphatic carbocycles. The van der Waals surface area contributed by atoms with Gasteiger partial charge < -0.3 is 4.98 Å². The minimum absolute atomic E-state index is 0. The average Bonchev–Trinajstić information content (AvgIpc) is 1.76. The van der Waals surface area contributed by atoms with Gasteiger partial charge in [-0.1, -0.05) is 0 Å². The molecule has 34 valence electrons. The Morgan fingerprint density at radius 3 is 2.43 bits per heavy atom. The van der Waals surface area contributed by atoms with Crippen LogP contribution in [-0.4, -0.2) is 4.98 Å². The van der Waals surface area contributed by atoms with Crippen LogP contribution >= 0.6 is 23.7 Å². The Hall–Kier alpha value is 0.517. The average molecular weight is 128 g/mol. The van der Waals surface area contributed by atoms with Gasteiger partial charge in [-0.25, -0.2) is 0 Å². The minimum atomic E-state index is 0. The molecule has 0 bridgehead atoms. The van der Waals surface area contributed by atoms with Crippen LogP contribution in [-0.2, 0) is 0 Å². The van der Waals surface area contributed by atoms with Crippen LogP contribution in [0.4, 0.5) is 0 Å². The first-order valence-electron chi connectivity index (χ1n) is 1.25. The second kappa shape index (κ2) is 6.52. The Bertz CT molecular complexity index is 71.4. The number of nitrogens with zero attached hydrogens (tertiary/aromatic N) is 1. The normalized spacial score (nSPS) is 5.71. The summed E-state index contributed by atoms with van der Waals surface area (Å²) in [6.45, 7) is 0. The van der Waals surface area contributed by atoms with Gasteiger partial charge in [-0.2, -0.15) is 0 Å². The van der Waals surface area contributed by atoms with Crippen molar-refractivity contribution in [3.63, 3.8) is 0 Å². The van der Waals surface area contributed by atoms with Crippen molar-refractivity contribution in [2.45, 2.75) is 0 Å². The van der Waals surface area contributed by atoms with Crippen LogP contribution < -0.4 is 18.9 Å². The third kappa shape index (κ3) is 4.37. The first kappa shape index (κ1) is 10.5. The summed E-state index contributed by atoms with van der Waals surface area (Å²) in [4.78, 5) is 3.62. The molecule has 0 fully saturated rings. The molecular weight excluding hydrogens is 125 g/mol. The second-order valence-electron chi connectivity index (χ2n) is 0.623. The fourth-order valence-corrected chi connectivity index (χ4v) is 0.456. The summed E-state index contributed by atoms with van der Waals surface area (Å²) in [7, 11) is 0. The van der Waals surface area contributed by atoms with Crippen molar-refractivity contribution in [3.8, 4) is 0 Å². The Morgan fingerprint density at radius 2 is 2.29 bits per heavy atom. The maximum absolute atomic E-state index is 3.62. The quantitative estimate of drug-likeness (QED) is 0.301. The summed E-state index contributed by atoms with van der Waals surface area (Å²) in [6.07, 6.45) is 1.71. The molecule has 4 heteroatoms. The van der Waals surface area contributed by atoms with Gasteiger partial charge in [0.05, 0.1) is 0 Å². The second-order valence-corrected chi connectivity index (χ2v) is 1.31. The fraction of sp³-hybridized carbons (Fsp3) is 0. The molecule has 0 aromatic carbocycles. The van der Waals surface area contributed by atoms with Crippen LogP contribution in [0.15, 0.2) is 11.6 Å². The van der Waals surface area contributed by atoms with E-state index in [1.807, 2.05) is 5.38 Å². The molecule has 0 spiro atoms. The molecule has 7 heavy (non-hydrogen) atoms. The number of rotatable bonds is 0.